The van der Waals surface area contributed by atoms with E-state index in [1.807, 2.05) is 24.3 Å². The van der Waals surface area contributed by atoms with E-state index in [4.69, 9.17) is 9.63 Å². The van der Waals surface area contributed by atoms with Crippen molar-refractivity contribution < 1.29 is 14.0 Å². The lowest BCUT2D eigenvalue weighted by molar-refractivity contribution is 0.215. The number of aromatic nitrogens is 2. The second kappa shape index (κ2) is 7.85. The summed E-state index contributed by atoms with van der Waals surface area (Å²) in [5.41, 5.74) is 2.83. The zero-order valence-electron chi connectivity index (χ0n) is 14.9. The molecular formula is C20H21FN4O2. The first-order valence-electron chi connectivity index (χ1n) is 8.97. The third-order valence-electron chi connectivity index (χ3n) is 4.79. The van der Waals surface area contributed by atoms with E-state index < -0.39 is 0 Å². The molecule has 0 radical (unpaired) electrons. The van der Waals surface area contributed by atoms with Gasteiger partial charge in [-0.05, 0) is 42.0 Å². The Hall–Kier alpha value is -2.77. The summed E-state index contributed by atoms with van der Waals surface area (Å²) in [6.07, 6.45) is 0. The molecule has 2 heterocycles. The van der Waals surface area contributed by atoms with E-state index >= 15 is 0 Å². The summed E-state index contributed by atoms with van der Waals surface area (Å²) in [6.45, 7) is 4.30. The highest BCUT2D eigenvalue weighted by molar-refractivity contribution is 5.53. The highest BCUT2D eigenvalue weighted by Gasteiger charge is 2.19. The fourth-order valence-corrected chi connectivity index (χ4v) is 3.20. The first kappa shape index (κ1) is 17.6. The third-order valence-corrected chi connectivity index (χ3v) is 4.79. The normalized spacial score (nSPS) is 15.3. The van der Waals surface area contributed by atoms with Gasteiger partial charge >= 0.3 is 0 Å². The molecule has 1 saturated heterocycles. The maximum Gasteiger partial charge on any atom is 0.241 e. The standard InChI is InChI=1S/C20H21FN4O2/c21-17-5-3-16(4-6-17)20-22-19(27-23-20)13-24-9-11-25(12-10-24)18-7-1-15(14-26)2-8-18/h1-8,26H,9-14H2. The Balaban J connectivity index is 1.33. The maximum absolute atomic E-state index is 13.0. The van der Waals surface area contributed by atoms with Crippen molar-refractivity contribution in [2.75, 3.05) is 31.1 Å². The molecule has 7 heteroatoms. The summed E-state index contributed by atoms with van der Waals surface area (Å²) in [7, 11) is 0. The molecule has 0 spiro atoms. The highest BCUT2D eigenvalue weighted by atomic mass is 19.1. The smallest absolute Gasteiger partial charge is 0.241 e. The molecule has 0 bridgehead atoms. The molecule has 0 unspecified atom stereocenters. The summed E-state index contributed by atoms with van der Waals surface area (Å²) >= 11 is 0. The third kappa shape index (κ3) is 4.15. The number of benzene rings is 2. The van der Waals surface area contributed by atoms with Crippen molar-refractivity contribution in [1.29, 1.82) is 0 Å². The quantitative estimate of drug-likeness (QED) is 0.747. The Kier molecular flexibility index (Phi) is 5.13. The molecule has 4 rings (SSSR count). The molecule has 1 aromatic heterocycles. The van der Waals surface area contributed by atoms with Gasteiger partial charge < -0.3 is 14.5 Å². The van der Waals surface area contributed by atoms with E-state index in [2.05, 4.69) is 19.9 Å². The van der Waals surface area contributed by atoms with E-state index in [-0.39, 0.29) is 12.4 Å². The first-order valence-corrected chi connectivity index (χ1v) is 8.97. The molecule has 1 fully saturated rings. The van der Waals surface area contributed by atoms with Crippen LogP contribution in [-0.2, 0) is 13.2 Å². The maximum atomic E-state index is 13.0. The van der Waals surface area contributed by atoms with E-state index in [0.29, 0.717) is 18.3 Å². The van der Waals surface area contributed by atoms with Gasteiger partial charge in [0.25, 0.3) is 0 Å². The number of anilines is 1. The Morgan fingerprint density at radius 1 is 0.963 bits per heavy atom. The summed E-state index contributed by atoms with van der Waals surface area (Å²) < 4.78 is 18.4. The summed E-state index contributed by atoms with van der Waals surface area (Å²) in [5, 5.41) is 13.1. The molecule has 0 amide bonds. The van der Waals surface area contributed by atoms with Crippen LogP contribution < -0.4 is 4.90 Å². The molecule has 27 heavy (non-hydrogen) atoms. The van der Waals surface area contributed by atoms with Gasteiger partial charge in [0.05, 0.1) is 13.2 Å². The number of aliphatic hydroxyl groups excluding tert-OH is 1. The van der Waals surface area contributed by atoms with Gasteiger partial charge in [0.1, 0.15) is 5.82 Å². The van der Waals surface area contributed by atoms with Crippen molar-refractivity contribution in [2.24, 2.45) is 0 Å². The Morgan fingerprint density at radius 3 is 2.33 bits per heavy atom. The van der Waals surface area contributed by atoms with Crippen molar-refractivity contribution in [1.82, 2.24) is 15.0 Å². The number of hydrogen-bond acceptors (Lipinski definition) is 6. The van der Waals surface area contributed by atoms with Gasteiger partial charge in [0.15, 0.2) is 0 Å². The minimum absolute atomic E-state index is 0.0676. The van der Waals surface area contributed by atoms with Gasteiger partial charge in [-0.2, -0.15) is 4.98 Å². The largest absolute Gasteiger partial charge is 0.392 e. The fraction of sp³-hybridized carbons (Fsp3) is 0.300. The average Bonchev–Trinajstić information content (AvgIpc) is 3.18. The van der Waals surface area contributed by atoms with Crippen molar-refractivity contribution in [3.8, 4) is 11.4 Å². The van der Waals surface area contributed by atoms with Crippen molar-refractivity contribution >= 4 is 5.69 Å². The predicted octanol–water partition coefficient (Wildman–Crippen LogP) is 2.69. The Labute approximate surface area is 156 Å². The minimum Gasteiger partial charge on any atom is -0.392 e. The van der Waals surface area contributed by atoms with Crippen molar-refractivity contribution in [2.45, 2.75) is 13.2 Å². The van der Waals surface area contributed by atoms with Crippen LogP contribution >= 0.6 is 0 Å². The number of aliphatic hydroxyl groups is 1. The summed E-state index contributed by atoms with van der Waals surface area (Å²) in [6, 6.07) is 14.1. The second-order valence-electron chi connectivity index (χ2n) is 6.61. The number of piperazine rings is 1. The molecule has 140 valence electrons. The molecule has 1 N–H and O–H groups in total. The first-order chi connectivity index (χ1) is 13.2. The number of hydrogen-bond donors (Lipinski definition) is 1. The number of rotatable bonds is 5. The van der Waals surface area contributed by atoms with Crippen LogP contribution in [0.3, 0.4) is 0 Å². The molecular weight excluding hydrogens is 347 g/mol. The van der Waals surface area contributed by atoms with Crippen LogP contribution in [0.1, 0.15) is 11.5 Å². The van der Waals surface area contributed by atoms with Gasteiger partial charge in [0, 0.05) is 37.4 Å². The van der Waals surface area contributed by atoms with E-state index in [9.17, 15) is 4.39 Å². The molecule has 0 saturated carbocycles. The summed E-state index contributed by atoms with van der Waals surface area (Å²) in [5.74, 6) is 0.758. The van der Waals surface area contributed by atoms with Crippen LogP contribution in [0.25, 0.3) is 11.4 Å². The SMILES string of the molecule is OCc1ccc(N2CCN(Cc3nc(-c4ccc(F)cc4)no3)CC2)cc1. The van der Waals surface area contributed by atoms with Crippen molar-refractivity contribution in [3.05, 3.63) is 65.8 Å². The lowest BCUT2D eigenvalue weighted by Gasteiger charge is -2.35. The van der Waals surface area contributed by atoms with Crippen LogP contribution in [0.15, 0.2) is 53.1 Å². The van der Waals surface area contributed by atoms with Gasteiger partial charge in [-0.25, -0.2) is 4.39 Å². The Morgan fingerprint density at radius 2 is 1.67 bits per heavy atom. The van der Waals surface area contributed by atoms with Crippen molar-refractivity contribution in [3.63, 3.8) is 0 Å². The highest BCUT2D eigenvalue weighted by Crippen LogP contribution is 2.20. The minimum atomic E-state index is -0.286. The van der Waals surface area contributed by atoms with Crippen LogP contribution in [0, 0.1) is 5.82 Å². The van der Waals surface area contributed by atoms with Crippen LogP contribution in [0.4, 0.5) is 10.1 Å². The average molecular weight is 368 g/mol. The van der Waals surface area contributed by atoms with E-state index in [1.165, 1.54) is 17.8 Å². The predicted molar refractivity (Wildman–Crippen MR) is 99.5 cm³/mol. The number of halogens is 1. The van der Waals surface area contributed by atoms with E-state index in [0.717, 1.165) is 37.3 Å². The van der Waals surface area contributed by atoms with Crippen LogP contribution in [-0.4, -0.2) is 46.3 Å². The lowest BCUT2D eigenvalue weighted by Crippen LogP contribution is -2.46. The monoisotopic (exact) mass is 368 g/mol. The topological polar surface area (TPSA) is 65.6 Å². The molecule has 0 atom stereocenters. The molecule has 6 nitrogen and oxygen atoms in total. The molecule has 1 aliphatic rings. The van der Waals surface area contributed by atoms with Gasteiger partial charge in [0.2, 0.25) is 11.7 Å². The Bertz CT molecular complexity index is 872. The van der Waals surface area contributed by atoms with Gasteiger partial charge in [-0.3, -0.25) is 4.90 Å². The van der Waals surface area contributed by atoms with Gasteiger partial charge in [-0.1, -0.05) is 17.3 Å². The zero-order chi connectivity index (χ0) is 18.6. The zero-order valence-corrected chi connectivity index (χ0v) is 14.9. The van der Waals surface area contributed by atoms with Crippen LogP contribution in [0.2, 0.25) is 0 Å². The van der Waals surface area contributed by atoms with Crippen LogP contribution in [0.5, 0.6) is 0 Å². The van der Waals surface area contributed by atoms with E-state index in [1.54, 1.807) is 12.1 Å². The summed E-state index contributed by atoms with van der Waals surface area (Å²) in [4.78, 5) is 9.03. The molecule has 0 aliphatic carbocycles. The molecule has 2 aromatic carbocycles. The van der Waals surface area contributed by atoms with Gasteiger partial charge in [-0.15, -0.1) is 0 Å². The lowest BCUT2D eigenvalue weighted by atomic mass is 10.2. The number of nitrogens with zero attached hydrogens (tertiary/aromatic N) is 4. The fourth-order valence-electron chi connectivity index (χ4n) is 3.20. The molecule has 3 aromatic rings. The molecule has 1 aliphatic heterocycles. The second-order valence-corrected chi connectivity index (χ2v) is 6.61.